The highest BCUT2D eigenvalue weighted by molar-refractivity contribution is 5.71. The summed E-state index contributed by atoms with van der Waals surface area (Å²) in [6, 6.07) is 0. The fourth-order valence-corrected chi connectivity index (χ4v) is 9.70. The lowest BCUT2D eigenvalue weighted by molar-refractivity contribution is -0.167. The minimum Gasteiger partial charge on any atom is -0.462 e. The molecular weight excluding hydrogens is 973 g/mol. The maximum absolute atomic E-state index is 12.9. The first-order valence-corrected chi connectivity index (χ1v) is 34.1. The Morgan fingerprint density at radius 3 is 0.785 bits per heavy atom. The summed E-state index contributed by atoms with van der Waals surface area (Å²) in [7, 11) is 0. The summed E-state index contributed by atoms with van der Waals surface area (Å²) in [6.45, 7) is 6.54. The molecule has 0 fully saturated rings. The third-order valence-electron chi connectivity index (χ3n) is 14.8. The normalized spacial score (nSPS) is 12.6. The van der Waals surface area contributed by atoms with Crippen LogP contribution in [0.4, 0.5) is 0 Å². The van der Waals surface area contributed by atoms with Crippen LogP contribution in [-0.2, 0) is 28.6 Å². The Labute approximate surface area is 490 Å². The van der Waals surface area contributed by atoms with Crippen molar-refractivity contribution in [2.45, 2.75) is 348 Å². The summed E-state index contributed by atoms with van der Waals surface area (Å²) >= 11 is 0. The van der Waals surface area contributed by atoms with Gasteiger partial charge in [0.15, 0.2) is 6.10 Å². The van der Waals surface area contributed by atoms with Crippen molar-refractivity contribution in [3.05, 3.63) is 85.1 Å². The first-order valence-electron chi connectivity index (χ1n) is 34.1. The second kappa shape index (κ2) is 67.1. The van der Waals surface area contributed by atoms with Crippen LogP contribution in [0, 0.1) is 0 Å². The Kier molecular flexibility index (Phi) is 64.2. The molecule has 0 aliphatic heterocycles. The van der Waals surface area contributed by atoms with Gasteiger partial charge in [0.2, 0.25) is 0 Å². The molecular formula is C73H128O6. The van der Waals surface area contributed by atoms with Crippen molar-refractivity contribution in [2.75, 3.05) is 13.2 Å². The Hall–Kier alpha value is -3.41. The van der Waals surface area contributed by atoms with E-state index < -0.39 is 6.10 Å². The van der Waals surface area contributed by atoms with Gasteiger partial charge in [-0.25, -0.2) is 0 Å². The lowest BCUT2D eigenvalue weighted by Gasteiger charge is -2.18. The van der Waals surface area contributed by atoms with Gasteiger partial charge in [-0.1, -0.05) is 292 Å². The largest absolute Gasteiger partial charge is 0.462 e. The summed E-state index contributed by atoms with van der Waals surface area (Å²) in [5, 5.41) is 0. The van der Waals surface area contributed by atoms with Crippen LogP contribution in [0.3, 0.4) is 0 Å². The summed E-state index contributed by atoms with van der Waals surface area (Å²) in [6.07, 6.45) is 89.0. The van der Waals surface area contributed by atoms with Crippen molar-refractivity contribution in [1.29, 1.82) is 0 Å². The van der Waals surface area contributed by atoms with Gasteiger partial charge in [-0.05, 0) is 116 Å². The second-order valence-corrected chi connectivity index (χ2v) is 22.7. The fraction of sp³-hybridized carbons (Fsp3) is 0.767. The second-order valence-electron chi connectivity index (χ2n) is 22.7. The Morgan fingerprint density at radius 2 is 0.481 bits per heavy atom. The molecule has 0 spiro atoms. The SMILES string of the molecule is CCC/C=C\C/C=C\CCCCCCCC(=O)OCC(COC(=O)CCCCCCCCCCCCCCCCCCCC/C=C\C/C=C\C/C=C\CCCCCCC)OC(=O)CCCCCCC/C=C\C/C=C\CCCCC. The van der Waals surface area contributed by atoms with Gasteiger partial charge in [0.25, 0.3) is 0 Å². The molecule has 6 nitrogen and oxygen atoms in total. The van der Waals surface area contributed by atoms with E-state index in [9.17, 15) is 14.4 Å². The molecule has 0 bridgehead atoms. The van der Waals surface area contributed by atoms with Crippen LogP contribution in [0.25, 0.3) is 0 Å². The molecule has 456 valence electrons. The summed E-state index contributed by atoms with van der Waals surface area (Å²) in [5.74, 6) is -0.900. The minimum absolute atomic E-state index is 0.0843. The molecule has 0 aromatic heterocycles. The van der Waals surface area contributed by atoms with Crippen LogP contribution in [0.2, 0.25) is 0 Å². The molecule has 0 saturated carbocycles. The number of unbranched alkanes of at least 4 members (excludes halogenated alkanes) is 37. The maximum atomic E-state index is 12.9. The van der Waals surface area contributed by atoms with Gasteiger partial charge < -0.3 is 14.2 Å². The van der Waals surface area contributed by atoms with E-state index in [2.05, 4.69) is 106 Å². The van der Waals surface area contributed by atoms with E-state index >= 15 is 0 Å². The van der Waals surface area contributed by atoms with Crippen LogP contribution in [0.5, 0.6) is 0 Å². The molecule has 1 atom stereocenters. The molecule has 6 heteroatoms. The molecule has 0 aliphatic carbocycles. The van der Waals surface area contributed by atoms with Crippen molar-refractivity contribution in [1.82, 2.24) is 0 Å². The summed E-state index contributed by atoms with van der Waals surface area (Å²) in [5.41, 5.74) is 0. The molecule has 0 amide bonds. The van der Waals surface area contributed by atoms with E-state index in [1.807, 2.05) is 0 Å². The Bertz CT molecular complexity index is 1500. The van der Waals surface area contributed by atoms with Crippen molar-refractivity contribution < 1.29 is 28.6 Å². The molecule has 0 N–H and O–H groups in total. The van der Waals surface area contributed by atoms with E-state index in [1.54, 1.807) is 0 Å². The number of carbonyl (C=O) groups excluding carboxylic acids is 3. The Balaban J connectivity index is 4.15. The first kappa shape index (κ1) is 75.6. The molecule has 0 aromatic carbocycles. The number of hydrogen-bond donors (Lipinski definition) is 0. The van der Waals surface area contributed by atoms with E-state index in [0.29, 0.717) is 19.3 Å². The van der Waals surface area contributed by atoms with E-state index in [0.717, 1.165) is 128 Å². The number of hydrogen-bond acceptors (Lipinski definition) is 6. The molecule has 0 aromatic rings. The van der Waals surface area contributed by atoms with Crippen molar-refractivity contribution in [3.63, 3.8) is 0 Å². The van der Waals surface area contributed by atoms with Crippen molar-refractivity contribution >= 4 is 17.9 Å². The first-order chi connectivity index (χ1) is 39.0. The smallest absolute Gasteiger partial charge is 0.306 e. The van der Waals surface area contributed by atoms with Crippen LogP contribution >= 0.6 is 0 Å². The summed E-state index contributed by atoms with van der Waals surface area (Å²) in [4.78, 5) is 38.3. The highest BCUT2D eigenvalue weighted by Crippen LogP contribution is 2.17. The van der Waals surface area contributed by atoms with Crippen molar-refractivity contribution in [2.24, 2.45) is 0 Å². The summed E-state index contributed by atoms with van der Waals surface area (Å²) < 4.78 is 16.9. The third-order valence-corrected chi connectivity index (χ3v) is 14.8. The van der Waals surface area contributed by atoms with E-state index in [4.69, 9.17) is 14.2 Å². The quantitative estimate of drug-likeness (QED) is 0.0261. The highest BCUT2D eigenvalue weighted by Gasteiger charge is 2.19. The molecule has 0 saturated heterocycles. The Morgan fingerprint density at radius 1 is 0.253 bits per heavy atom. The minimum atomic E-state index is -0.789. The third kappa shape index (κ3) is 65.3. The molecule has 0 heterocycles. The van der Waals surface area contributed by atoms with Gasteiger partial charge in [-0.3, -0.25) is 14.4 Å². The predicted octanol–water partition coefficient (Wildman–Crippen LogP) is 23.4. The zero-order valence-electron chi connectivity index (χ0n) is 52.4. The zero-order valence-corrected chi connectivity index (χ0v) is 52.4. The van der Waals surface area contributed by atoms with Crippen LogP contribution < -0.4 is 0 Å². The number of rotatable bonds is 62. The highest BCUT2D eigenvalue weighted by atomic mass is 16.6. The van der Waals surface area contributed by atoms with Crippen LogP contribution in [0.1, 0.15) is 342 Å². The van der Waals surface area contributed by atoms with Gasteiger partial charge in [0.05, 0.1) is 0 Å². The van der Waals surface area contributed by atoms with Gasteiger partial charge in [0.1, 0.15) is 13.2 Å². The van der Waals surface area contributed by atoms with Crippen molar-refractivity contribution in [3.8, 4) is 0 Å². The number of carbonyl (C=O) groups is 3. The van der Waals surface area contributed by atoms with Gasteiger partial charge in [-0.2, -0.15) is 0 Å². The monoisotopic (exact) mass is 1100 g/mol. The predicted molar refractivity (Wildman–Crippen MR) is 344 cm³/mol. The maximum Gasteiger partial charge on any atom is 0.306 e. The molecule has 1 unspecified atom stereocenters. The van der Waals surface area contributed by atoms with Crippen LogP contribution in [0.15, 0.2) is 85.1 Å². The molecule has 0 aliphatic rings. The number of allylic oxidation sites excluding steroid dienone is 14. The topological polar surface area (TPSA) is 78.9 Å². The lowest BCUT2D eigenvalue weighted by atomic mass is 10.0. The van der Waals surface area contributed by atoms with Gasteiger partial charge in [-0.15, -0.1) is 0 Å². The van der Waals surface area contributed by atoms with Gasteiger partial charge in [0, 0.05) is 19.3 Å². The zero-order chi connectivity index (χ0) is 57.1. The molecule has 0 radical (unpaired) electrons. The molecule has 0 rings (SSSR count). The lowest BCUT2D eigenvalue weighted by Crippen LogP contribution is -2.30. The van der Waals surface area contributed by atoms with Gasteiger partial charge >= 0.3 is 17.9 Å². The van der Waals surface area contributed by atoms with E-state index in [1.165, 1.54) is 173 Å². The van der Waals surface area contributed by atoms with E-state index in [-0.39, 0.29) is 31.1 Å². The molecule has 79 heavy (non-hydrogen) atoms. The van der Waals surface area contributed by atoms with Crippen LogP contribution in [-0.4, -0.2) is 37.2 Å². The average Bonchev–Trinajstić information content (AvgIpc) is 3.45. The number of esters is 3. The fourth-order valence-electron chi connectivity index (χ4n) is 9.70. The number of ether oxygens (including phenoxy) is 3. The average molecular weight is 1100 g/mol. The standard InChI is InChI=1S/C73H128O6/c1-4-7-10-13-16-19-22-25-27-28-29-30-31-32-33-34-35-36-37-38-39-40-41-42-43-44-46-48-51-54-57-60-63-66-72(75)78-69-70(68-77-71(74)65-62-59-56-53-50-47-24-21-18-15-12-9-6-3)79-73(76)67-64-61-58-55-52-49-45-26-23-20-17-14-11-8-5-2/h12,15,17,20-22,24-26,28-29,31-32,45,70H,4-11,13-14,16,18-19,23,27,30,33-44,46-69H2,1-3H3/b15-12-,20-17-,24-21-,25-22-,29-28-,32-31-,45-26-.